The van der Waals surface area contributed by atoms with Crippen molar-refractivity contribution in [1.82, 2.24) is 24.7 Å². The molecule has 2 atom stereocenters. The van der Waals surface area contributed by atoms with Gasteiger partial charge in [0.05, 0.1) is 22.8 Å². The molecule has 1 fully saturated rings. The first-order valence-electron chi connectivity index (χ1n) is 10.4. The lowest BCUT2D eigenvalue weighted by Crippen LogP contribution is -2.45. The zero-order valence-corrected chi connectivity index (χ0v) is 21.1. The number of piperidine rings is 1. The number of halogens is 1. The van der Waals surface area contributed by atoms with Crippen molar-refractivity contribution in [3.63, 3.8) is 0 Å². The standard InChI is InChI=1S/C21H22BrN7O4S/c1-10-15(23-2)14(22)16(26-10)12(30)7-11-5-6-29(8-13(11)33-4)21-27-17(18(34-21)20(31)32)19-24-9-25-28(19)3/h9,11,13,26H,5-8H2,1,3-4H3,(H,31,32)/t11-,13-/m0/s1. The van der Waals surface area contributed by atoms with E-state index in [0.29, 0.717) is 52.0 Å². The van der Waals surface area contributed by atoms with E-state index < -0.39 is 5.97 Å². The average molecular weight is 548 g/mol. The zero-order valence-electron chi connectivity index (χ0n) is 18.7. The van der Waals surface area contributed by atoms with Gasteiger partial charge in [-0.15, -0.1) is 0 Å². The number of methoxy groups -OCH3 is 1. The quantitative estimate of drug-likeness (QED) is 0.338. The van der Waals surface area contributed by atoms with Crippen molar-refractivity contribution in [3.8, 4) is 11.5 Å². The van der Waals surface area contributed by atoms with E-state index in [1.165, 1.54) is 11.0 Å². The third-order valence-electron chi connectivity index (χ3n) is 5.94. The molecule has 4 heterocycles. The second-order valence-corrected chi connectivity index (χ2v) is 9.75. The maximum Gasteiger partial charge on any atom is 0.348 e. The van der Waals surface area contributed by atoms with E-state index in [1.54, 1.807) is 21.1 Å². The lowest BCUT2D eigenvalue weighted by molar-refractivity contribution is 0.0374. The Balaban J connectivity index is 1.52. The van der Waals surface area contributed by atoms with Crippen LogP contribution in [0.25, 0.3) is 16.4 Å². The molecule has 1 aliphatic heterocycles. The number of carboxylic acids is 1. The summed E-state index contributed by atoms with van der Waals surface area (Å²) in [7, 11) is 3.29. The van der Waals surface area contributed by atoms with Crippen LogP contribution in [-0.2, 0) is 11.8 Å². The van der Waals surface area contributed by atoms with Crippen LogP contribution in [0, 0.1) is 19.4 Å². The Kier molecular flexibility index (Phi) is 6.83. The maximum atomic E-state index is 13.0. The molecule has 1 aliphatic rings. The Labute approximate surface area is 207 Å². The van der Waals surface area contributed by atoms with Crippen molar-refractivity contribution in [2.45, 2.75) is 25.9 Å². The molecule has 178 valence electrons. The van der Waals surface area contributed by atoms with Gasteiger partial charge in [-0.3, -0.25) is 4.79 Å². The topological polar surface area (TPSA) is 131 Å². The van der Waals surface area contributed by atoms with Gasteiger partial charge in [-0.1, -0.05) is 27.3 Å². The summed E-state index contributed by atoms with van der Waals surface area (Å²) in [5, 5.41) is 14.3. The third-order valence-corrected chi connectivity index (χ3v) is 7.81. The summed E-state index contributed by atoms with van der Waals surface area (Å²) in [5.74, 6) is -0.805. The molecule has 0 saturated carbocycles. The minimum atomic E-state index is -1.07. The van der Waals surface area contributed by atoms with Crippen LogP contribution < -0.4 is 4.90 Å². The Bertz CT molecular complexity index is 1290. The van der Waals surface area contributed by atoms with E-state index in [2.05, 4.69) is 40.8 Å². The lowest BCUT2D eigenvalue weighted by Gasteiger charge is -2.37. The number of carbonyl (C=O) groups excluding carboxylic acids is 1. The van der Waals surface area contributed by atoms with E-state index in [4.69, 9.17) is 11.3 Å². The largest absolute Gasteiger partial charge is 0.477 e. The van der Waals surface area contributed by atoms with Gasteiger partial charge in [0.1, 0.15) is 16.9 Å². The molecule has 4 rings (SSSR count). The first kappa shape index (κ1) is 24.1. The minimum absolute atomic E-state index is 0.0298. The second kappa shape index (κ2) is 9.65. The van der Waals surface area contributed by atoms with Crippen molar-refractivity contribution >= 4 is 49.8 Å². The molecule has 3 aromatic rings. The molecule has 1 saturated heterocycles. The highest BCUT2D eigenvalue weighted by Gasteiger charge is 2.34. The number of rotatable bonds is 7. The van der Waals surface area contributed by atoms with Crippen LogP contribution in [0.1, 0.15) is 38.7 Å². The van der Waals surface area contributed by atoms with Crippen molar-refractivity contribution in [1.29, 1.82) is 0 Å². The van der Waals surface area contributed by atoms with Crippen LogP contribution >= 0.6 is 27.3 Å². The number of ketones is 1. The lowest BCUT2D eigenvalue weighted by atomic mass is 9.88. The number of aromatic nitrogens is 5. The number of nitrogens with one attached hydrogen (secondary N) is 1. The smallest absolute Gasteiger partial charge is 0.348 e. The fourth-order valence-corrected chi connectivity index (χ4v) is 5.78. The predicted molar refractivity (Wildman–Crippen MR) is 129 cm³/mol. The Morgan fingerprint density at radius 3 is 2.82 bits per heavy atom. The number of anilines is 1. The van der Waals surface area contributed by atoms with Gasteiger partial charge < -0.3 is 19.7 Å². The Morgan fingerprint density at radius 1 is 1.47 bits per heavy atom. The number of carboxylic acid groups (broad SMARTS) is 1. The average Bonchev–Trinajstić information content (AvgIpc) is 3.50. The highest BCUT2D eigenvalue weighted by Crippen LogP contribution is 2.37. The number of hydrogen-bond donors (Lipinski definition) is 2. The van der Waals surface area contributed by atoms with E-state index >= 15 is 0 Å². The first-order valence-corrected chi connectivity index (χ1v) is 12.0. The number of hydrogen-bond acceptors (Lipinski definition) is 8. The number of aryl methyl sites for hydroxylation is 2. The fraction of sp³-hybridized carbons (Fsp3) is 0.429. The monoisotopic (exact) mass is 547 g/mol. The van der Waals surface area contributed by atoms with Gasteiger partial charge in [-0.05, 0) is 19.3 Å². The van der Waals surface area contributed by atoms with Gasteiger partial charge in [0.15, 0.2) is 16.7 Å². The minimum Gasteiger partial charge on any atom is -0.477 e. The molecule has 0 aliphatic carbocycles. The van der Waals surface area contributed by atoms with Crippen molar-refractivity contribution in [2.75, 3.05) is 25.1 Å². The number of H-pyrrole nitrogens is 1. The number of thiazole rings is 1. The molecule has 3 aromatic heterocycles. The Hall–Kier alpha value is -3.08. The van der Waals surface area contributed by atoms with Crippen LogP contribution in [0.5, 0.6) is 0 Å². The molecule has 13 heteroatoms. The summed E-state index contributed by atoms with van der Waals surface area (Å²) in [6.45, 7) is 10.1. The maximum absolute atomic E-state index is 13.0. The van der Waals surface area contributed by atoms with Crippen LogP contribution in [-0.4, -0.2) is 67.9 Å². The molecule has 11 nitrogen and oxygen atoms in total. The van der Waals surface area contributed by atoms with Crippen LogP contribution in [0.2, 0.25) is 0 Å². The van der Waals surface area contributed by atoms with Gasteiger partial charge >= 0.3 is 5.97 Å². The molecule has 0 spiro atoms. The number of Topliss-reactive ketones (excluding diaryl/α,β-unsaturated/α-hetero) is 1. The van der Waals surface area contributed by atoms with Gasteiger partial charge in [0, 0.05) is 39.4 Å². The molecule has 0 amide bonds. The van der Waals surface area contributed by atoms with Crippen LogP contribution in [0.3, 0.4) is 0 Å². The number of carbonyl (C=O) groups is 2. The number of aromatic amines is 1. The molecule has 34 heavy (non-hydrogen) atoms. The van der Waals surface area contributed by atoms with Crippen LogP contribution in [0.4, 0.5) is 10.8 Å². The van der Waals surface area contributed by atoms with E-state index in [0.717, 1.165) is 11.3 Å². The third kappa shape index (κ3) is 4.36. The normalized spacial score (nSPS) is 18.1. The van der Waals surface area contributed by atoms with Crippen molar-refractivity contribution < 1.29 is 19.4 Å². The van der Waals surface area contributed by atoms with E-state index in [9.17, 15) is 14.7 Å². The fourth-order valence-electron chi connectivity index (χ4n) is 4.14. The van der Waals surface area contributed by atoms with Gasteiger partial charge in [0.2, 0.25) is 5.69 Å². The zero-order chi connectivity index (χ0) is 24.6. The summed E-state index contributed by atoms with van der Waals surface area (Å²) in [6, 6.07) is 0. The molecule has 0 bridgehead atoms. The molecule has 0 radical (unpaired) electrons. The predicted octanol–water partition coefficient (Wildman–Crippen LogP) is 3.70. The summed E-state index contributed by atoms with van der Waals surface area (Å²) in [4.78, 5) is 42.1. The van der Waals surface area contributed by atoms with E-state index in [-0.39, 0.29) is 34.8 Å². The summed E-state index contributed by atoms with van der Waals surface area (Å²) < 4.78 is 7.70. The molecule has 0 aromatic carbocycles. The first-order chi connectivity index (χ1) is 16.2. The van der Waals surface area contributed by atoms with Crippen molar-refractivity contribution in [3.05, 3.63) is 38.5 Å². The van der Waals surface area contributed by atoms with Gasteiger partial charge in [-0.25, -0.2) is 24.3 Å². The summed E-state index contributed by atoms with van der Waals surface area (Å²) in [6.07, 6.45) is 2.04. The number of nitrogens with zero attached hydrogens (tertiary/aromatic N) is 6. The highest BCUT2D eigenvalue weighted by molar-refractivity contribution is 9.10. The summed E-state index contributed by atoms with van der Waals surface area (Å²) in [5.41, 5.74) is 1.75. The summed E-state index contributed by atoms with van der Waals surface area (Å²) >= 11 is 4.46. The highest BCUT2D eigenvalue weighted by atomic mass is 79.9. The number of aromatic carboxylic acids is 1. The molecule has 2 N–H and O–H groups in total. The van der Waals surface area contributed by atoms with Crippen LogP contribution in [0.15, 0.2) is 10.8 Å². The molecular formula is C21H22BrN7O4S. The van der Waals surface area contributed by atoms with Crippen molar-refractivity contribution in [2.24, 2.45) is 13.0 Å². The van der Waals surface area contributed by atoms with Gasteiger partial charge in [0.25, 0.3) is 0 Å². The SMILES string of the molecule is [C-]#[N+]c1c(C)[nH]c(C(=O)C[C@@H]2CCN(c3nc(-c4ncnn4C)c(C(=O)O)s3)C[C@@H]2OC)c1Br. The number of ether oxygens (including phenoxy) is 1. The second-order valence-electron chi connectivity index (χ2n) is 7.98. The molecule has 0 unspecified atom stereocenters. The Morgan fingerprint density at radius 2 is 2.24 bits per heavy atom. The molecular weight excluding hydrogens is 526 g/mol. The van der Waals surface area contributed by atoms with E-state index in [1.807, 2.05) is 4.90 Å². The van der Waals surface area contributed by atoms with Gasteiger partial charge in [-0.2, -0.15) is 5.10 Å².